The minimum absolute atomic E-state index is 0.582. The Morgan fingerprint density at radius 3 is 2.89 bits per heavy atom. The average Bonchev–Trinajstić information content (AvgIpc) is 2.90. The molecule has 2 aromatic heterocycles. The van der Waals surface area contributed by atoms with Crippen LogP contribution in [0.1, 0.15) is 11.6 Å². The maximum Gasteiger partial charge on any atom is 0.110 e. The fourth-order valence-corrected chi connectivity index (χ4v) is 2.68. The summed E-state index contributed by atoms with van der Waals surface area (Å²) in [5.74, 6) is 1.81. The third kappa shape index (κ3) is 2.29. The number of aromatic amines is 2. The second-order valence-corrected chi connectivity index (χ2v) is 5.23. The lowest BCUT2D eigenvalue weighted by molar-refractivity contribution is 0.893. The van der Waals surface area contributed by atoms with Crippen molar-refractivity contribution >= 4 is 27.0 Å². The highest BCUT2D eigenvalue weighted by Gasteiger charge is 2.11. The molecule has 0 amide bonds. The molecule has 0 spiro atoms. The molecule has 0 aliphatic carbocycles. The van der Waals surface area contributed by atoms with Crippen molar-refractivity contribution in [3.8, 4) is 11.3 Å². The molecule has 6 heteroatoms. The lowest BCUT2D eigenvalue weighted by atomic mass is 10.1. The van der Waals surface area contributed by atoms with E-state index in [9.17, 15) is 0 Å². The third-order valence-corrected chi connectivity index (χ3v) is 3.54. The highest BCUT2D eigenvalue weighted by atomic mass is 79.9. The Morgan fingerprint density at radius 2 is 2.11 bits per heavy atom. The lowest BCUT2D eigenvalue weighted by Gasteiger charge is -1.97. The summed E-state index contributed by atoms with van der Waals surface area (Å²) < 4.78 is 0.881. The van der Waals surface area contributed by atoms with E-state index in [-0.39, 0.29) is 0 Å². The van der Waals surface area contributed by atoms with E-state index in [0.29, 0.717) is 6.54 Å². The van der Waals surface area contributed by atoms with Crippen molar-refractivity contribution in [2.75, 3.05) is 6.54 Å². The molecule has 0 bridgehead atoms. The molecule has 2 heterocycles. The van der Waals surface area contributed by atoms with Crippen LogP contribution in [-0.2, 0) is 6.42 Å². The first-order chi connectivity index (χ1) is 9.17. The number of halogens is 1. The Balaban J connectivity index is 2.07. The Labute approximate surface area is 118 Å². The molecule has 19 heavy (non-hydrogen) atoms. The van der Waals surface area contributed by atoms with Crippen LogP contribution < -0.4 is 5.73 Å². The Kier molecular flexibility index (Phi) is 3.12. The molecule has 0 saturated heterocycles. The fourth-order valence-electron chi connectivity index (χ4n) is 2.13. The van der Waals surface area contributed by atoms with Gasteiger partial charge in [-0.2, -0.15) is 0 Å². The van der Waals surface area contributed by atoms with Crippen molar-refractivity contribution in [1.82, 2.24) is 19.9 Å². The maximum absolute atomic E-state index is 5.55. The molecule has 1 aromatic carbocycles. The molecular formula is C13H14BrN5. The Bertz CT molecular complexity index is 728. The Morgan fingerprint density at radius 1 is 1.26 bits per heavy atom. The van der Waals surface area contributed by atoms with E-state index < -0.39 is 0 Å². The standard InChI is InChI=1S/C13H14BrN5/c1-7-16-9-3-2-8(6-10(9)17-7)12-13(14)19-11(18-12)4-5-15/h2-3,6H,4-5,15H2,1H3,(H,16,17)(H,18,19). The molecule has 0 saturated carbocycles. The fraction of sp³-hybridized carbons (Fsp3) is 0.231. The van der Waals surface area contributed by atoms with Crippen molar-refractivity contribution in [1.29, 1.82) is 0 Å². The number of H-pyrrole nitrogens is 2. The van der Waals surface area contributed by atoms with Gasteiger partial charge in [-0.05, 0) is 41.5 Å². The van der Waals surface area contributed by atoms with Crippen LogP contribution in [0.25, 0.3) is 22.3 Å². The lowest BCUT2D eigenvalue weighted by Crippen LogP contribution is -2.03. The summed E-state index contributed by atoms with van der Waals surface area (Å²) >= 11 is 3.51. The van der Waals surface area contributed by atoms with E-state index in [1.807, 2.05) is 19.1 Å². The quantitative estimate of drug-likeness (QED) is 0.693. The Hall–Kier alpha value is -1.66. The van der Waals surface area contributed by atoms with Crippen LogP contribution in [0.3, 0.4) is 0 Å². The first kappa shape index (κ1) is 12.4. The van der Waals surface area contributed by atoms with Crippen molar-refractivity contribution in [3.63, 3.8) is 0 Å². The van der Waals surface area contributed by atoms with E-state index >= 15 is 0 Å². The van der Waals surface area contributed by atoms with E-state index in [2.05, 4.69) is 41.9 Å². The molecule has 3 aromatic rings. The number of aromatic nitrogens is 4. The van der Waals surface area contributed by atoms with Gasteiger partial charge in [0.15, 0.2) is 0 Å². The molecule has 0 radical (unpaired) electrons. The zero-order chi connectivity index (χ0) is 13.4. The van der Waals surface area contributed by atoms with Gasteiger partial charge in [0.1, 0.15) is 21.9 Å². The smallest absolute Gasteiger partial charge is 0.110 e. The van der Waals surface area contributed by atoms with Gasteiger partial charge in [-0.1, -0.05) is 6.07 Å². The summed E-state index contributed by atoms with van der Waals surface area (Å²) in [7, 11) is 0. The van der Waals surface area contributed by atoms with E-state index in [4.69, 9.17) is 5.73 Å². The van der Waals surface area contributed by atoms with Gasteiger partial charge in [0.05, 0.1) is 11.0 Å². The zero-order valence-electron chi connectivity index (χ0n) is 10.5. The van der Waals surface area contributed by atoms with Crippen molar-refractivity contribution in [3.05, 3.63) is 34.5 Å². The largest absolute Gasteiger partial charge is 0.342 e. The number of nitrogens with zero attached hydrogens (tertiary/aromatic N) is 2. The van der Waals surface area contributed by atoms with Gasteiger partial charge >= 0.3 is 0 Å². The number of imidazole rings is 2. The number of nitrogens with one attached hydrogen (secondary N) is 2. The number of aryl methyl sites for hydroxylation is 1. The highest BCUT2D eigenvalue weighted by molar-refractivity contribution is 9.10. The molecule has 0 atom stereocenters. The van der Waals surface area contributed by atoms with Crippen LogP contribution >= 0.6 is 15.9 Å². The molecule has 5 nitrogen and oxygen atoms in total. The van der Waals surface area contributed by atoms with Crippen molar-refractivity contribution in [2.45, 2.75) is 13.3 Å². The molecule has 98 valence electrons. The average molecular weight is 320 g/mol. The van der Waals surface area contributed by atoms with Gasteiger partial charge in [-0.25, -0.2) is 9.97 Å². The molecule has 0 aliphatic heterocycles. The van der Waals surface area contributed by atoms with E-state index in [1.165, 1.54) is 0 Å². The van der Waals surface area contributed by atoms with Gasteiger partial charge in [-0.3, -0.25) is 0 Å². The van der Waals surface area contributed by atoms with E-state index in [0.717, 1.165) is 45.0 Å². The summed E-state index contributed by atoms with van der Waals surface area (Å²) in [4.78, 5) is 15.4. The van der Waals surface area contributed by atoms with Gasteiger partial charge in [-0.15, -0.1) is 0 Å². The van der Waals surface area contributed by atoms with Gasteiger partial charge in [0, 0.05) is 12.0 Å². The zero-order valence-corrected chi connectivity index (χ0v) is 12.1. The van der Waals surface area contributed by atoms with Gasteiger partial charge in [0.2, 0.25) is 0 Å². The second-order valence-electron chi connectivity index (χ2n) is 4.44. The minimum Gasteiger partial charge on any atom is -0.342 e. The van der Waals surface area contributed by atoms with Crippen LogP contribution in [0.15, 0.2) is 22.8 Å². The molecule has 4 N–H and O–H groups in total. The van der Waals surface area contributed by atoms with Crippen LogP contribution in [0.5, 0.6) is 0 Å². The number of nitrogens with two attached hydrogens (primary N) is 1. The first-order valence-corrected chi connectivity index (χ1v) is 6.88. The molecule has 0 unspecified atom stereocenters. The third-order valence-electron chi connectivity index (χ3n) is 2.96. The predicted molar refractivity (Wildman–Crippen MR) is 78.9 cm³/mol. The number of hydrogen-bond acceptors (Lipinski definition) is 3. The second kappa shape index (κ2) is 4.79. The maximum atomic E-state index is 5.55. The van der Waals surface area contributed by atoms with Crippen LogP contribution in [0.2, 0.25) is 0 Å². The predicted octanol–water partition coefficient (Wildman–Crippen LogP) is 2.53. The summed E-state index contributed by atoms with van der Waals surface area (Å²) in [5, 5.41) is 0. The van der Waals surface area contributed by atoms with E-state index in [1.54, 1.807) is 0 Å². The number of hydrogen-bond donors (Lipinski definition) is 3. The molecular weight excluding hydrogens is 306 g/mol. The number of fused-ring (bicyclic) bond motifs is 1. The minimum atomic E-state index is 0.582. The summed E-state index contributed by atoms with van der Waals surface area (Å²) in [5.41, 5.74) is 9.48. The first-order valence-electron chi connectivity index (χ1n) is 6.08. The summed E-state index contributed by atoms with van der Waals surface area (Å²) in [6.45, 7) is 2.53. The number of rotatable bonds is 3. The number of benzene rings is 1. The van der Waals surface area contributed by atoms with Crippen molar-refractivity contribution in [2.24, 2.45) is 5.73 Å². The van der Waals surface area contributed by atoms with Crippen LogP contribution in [0.4, 0.5) is 0 Å². The monoisotopic (exact) mass is 319 g/mol. The summed E-state index contributed by atoms with van der Waals surface area (Å²) in [6, 6.07) is 6.08. The molecule has 3 rings (SSSR count). The SMILES string of the molecule is Cc1nc2ccc(-c3nc(CCN)[nH]c3Br)cc2[nH]1. The van der Waals surface area contributed by atoms with Gasteiger partial charge in [0.25, 0.3) is 0 Å². The van der Waals surface area contributed by atoms with Crippen LogP contribution in [-0.4, -0.2) is 26.5 Å². The molecule has 0 fully saturated rings. The highest BCUT2D eigenvalue weighted by Crippen LogP contribution is 2.28. The van der Waals surface area contributed by atoms with Gasteiger partial charge < -0.3 is 15.7 Å². The normalized spacial score (nSPS) is 11.3. The topological polar surface area (TPSA) is 83.4 Å². The van der Waals surface area contributed by atoms with Crippen molar-refractivity contribution < 1.29 is 0 Å². The van der Waals surface area contributed by atoms with Crippen LogP contribution in [0, 0.1) is 6.92 Å². The summed E-state index contributed by atoms with van der Waals surface area (Å²) in [6.07, 6.45) is 0.740. The molecule has 0 aliphatic rings.